The second-order valence-electron chi connectivity index (χ2n) is 6.47. The minimum Gasteiger partial charge on any atom is -0.391 e. The van der Waals surface area contributed by atoms with E-state index < -0.39 is 6.10 Å². The normalized spacial score (nSPS) is 15.5. The van der Waals surface area contributed by atoms with Crippen molar-refractivity contribution in [1.29, 1.82) is 0 Å². The second-order valence-corrected chi connectivity index (χ2v) is 6.47. The second kappa shape index (κ2) is 7.01. The molecule has 1 atom stereocenters. The molecule has 2 amide bonds. The van der Waals surface area contributed by atoms with Crippen LogP contribution in [0.15, 0.2) is 24.3 Å². The maximum absolute atomic E-state index is 12.2. The van der Waals surface area contributed by atoms with Crippen molar-refractivity contribution in [2.24, 2.45) is 5.92 Å². The van der Waals surface area contributed by atoms with Gasteiger partial charge in [-0.2, -0.15) is 0 Å². The van der Waals surface area contributed by atoms with Gasteiger partial charge in [0.15, 0.2) is 0 Å². The largest absolute Gasteiger partial charge is 0.391 e. The molecule has 1 aliphatic rings. The molecule has 1 fully saturated rings. The van der Waals surface area contributed by atoms with Crippen LogP contribution in [0.5, 0.6) is 0 Å². The first kappa shape index (κ1) is 16.6. The highest BCUT2D eigenvalue weighted by Crippen LogP contribution is 2.32. The molecule has 0 saturated heterocycles. The molecule has 0 aliphatic heterocycles. The first-order chi connectivity index (χ1) is 10.4. The number of amides is 2. The van der Waals surface area contributed by atoms with Crippen LogP contribution in [0.25, 0.3) is 0 Å². The zero-order valence-corrected chi connectivity index (χ0v) is 13.9. The van der Waals surface area contributed by atoms with Crippen LogP contribution in [-0.4, -0.2) is 48.8 Å². The summed E-state index contributed by atoms with van der Waals surface area (Å²) >= 11 is 0. The fraction of sp³-hybridized carbons (Fsp3) is 0.588. The number of aliphatic hydroxyl groups is 1. The van der Waals surface area contributed by atoms with Gasteiger partial charge < -0.3 is 20.2 Å². The van der Waals surface area contributed by atoms with E-state index in [1.165, 1.54) is 0 Å². The molecule has 2 N–H and O–H groups in total. The summed E-state index contributed by atoms with van der Waals surface area (Å²) in [5.74, 6) is 0.373. The van der Waals surface area contributed by atoms with Crippen LogP contribution in [0.3, 0.4) is 0 Å². The smallest absolute Gasteiger partial charge is 0.321 e. The van der Waals surface area contributed by atoms with Crippen molar-refractivity contribution < 1.29 is 9.90 Å². The van der Waals surface area contributed by atoms with Gasteiger partial charge in [-0.15, -0.1) is 0 Å². The molecule has 0 aromatic heterocycles. The summed E-state index contributed by atoms with van der Waals surface area (Å²) in [6, 6.07) is 7.99. The lowest BCUT2D eigenvalue weighted by atomic mass is 10.2. The molecule has 5 nitrogen and oxygen atoms in total. The number of likely N-dealkylation sites (N-methyl/N-ethyl adjacent to an activating group) is 1. The van der Waals surface area contributed by atoms with Crippen molar-refractivity contribution in [1.82, 2.24) is 4.90 Å². The highest BCUT2D eigenvalue weighted by molar-refractivity contribution is 5.89. The molecule has 1 aromatic carbocycles. The Labute approximate surface area is 132 Å². The van der Waals surface area contributed by atoms with E-state index in [0.717, 1.165) is 24.2 Å². The molecular weight excluding hydrogens is 278 g/mol. The summed E-state index contributed by atoms with van der Waals surface area (Å²) in [5, 5.41) is 12.8. The molecule has 22 heavy (non-hydrogen) atoms. The molecule has 1 aliphatic carbocycles. The highest BCUT2D eigenvalue weighted by atomic mass is 16.3. The Bertz CT molecular complexity index is 514. The summed E-state index contributed by atoms with van der Waals surface area (Å²) < 4.78 is 0. The molecule has 5 heteroatoms. The summed E-state index contributed by atoms with van der Waals surface area (Å²) in [6.07, 6.45) is 1.73. The number of nitrogens with zero attached hydrogens (tertiary/aromatic N) is 2. The lowest BCUT2D eigenvalue weighted by Crippen LogP contribution is -2.38. The minimum absolute atomic E-state index is 0.191. The molecule has 0 radical (unpaired) electrons. The van der Waals surface area contributed by atoms with E-state index in [-0.39, 0.29) is 6.03 Å². The zero-order chi connectivity index (χ0) is 16.3. The SMILES string of the molecule is CC(C)N(C)c1cccc(NC(=O)N(C)CC(O)C2CC2)c1. The van der Waals surface area contributed by atoms with E-state index in [2.05, 4.69) is 24.1 Å². The first-order valence-electron chi connectivity index (χ1n) is 7.91. The number of hydrogen-bond donors (Lipinski definition) is 2. The van der Waals surface area contributed by atoms with Crippen molar-refractivity contribution in [3.8, 4) is 0 Å². The quantitative estimate of drug-likeness (QED) is 0.849. The topological polar surface area (TPSA) is 55.8 Å². The molecule has 0 bridgehead atoms. The summed E-state index contributed by atoms with van der Waals surface area (Å²) in [5.41, 5.74) is 1.83. The molecule has 122 valence electrons. The van der Waals surface area contributed by atoms with Gasteiger partial charge >= 0.3 is 6.03 Å². The Morgan fingerprint density at radius 1 is 1.36 bits per heavy atom. The lowest BCUT2D eigenvalue weighted by Gasteiger charge is -2.25. The van der Waals surface area contributed by atoms with Crippen molar-refractivity contribution in [2.75, 3.05) is 30.9 Å². The van der Waals surface area contributed by atoms with Gasteiger partial charge in [0.05, 0.1) is 6.10 Å². The fourth-order valence-corrected chi connectivity index (χ4v) is 2.31. The maximum atomic E-state index is 12.2. The predicted molar refractivity (Wildman–Crippen MR) is 90.4 cm³/mol. The van der Waals surface area contributed by atoms with Crippen LogP contribution in [0.4, 0.5) is 16.2 Å². The summed E-state index contributed by atoms with van der Waals surface area (Å²) in [7, 11) is 3.74. The first-order valence-corrected chi connectivity index (χ1v) is 7.91. The van der Waals surface area contributed by atoms with Gasteiger partial charge in [0.2, 0.25) is 0 Å². The number of urea groups is 1. The van der Waals surface area contributed by atoms with E-state index in [1.54, 1.807) is 11.9 Å². The molecule has 1 aromatic rings. The third kappa shape index (κ3) is 4.37. The third-order valence-electron chi connectivity index (χ3n) is 4.25. The van der Waals surface area contributed by atoms with Crippen molar-refractivity contribution in [3.05, 3.63) is 24.3 Å². The van der Waals surface area contributed by atoms with Gasteiger partial charge in [-0.25, -0.2) is 4.79 Å². The Kier molecular flexibility index (Phi) is 5.29. The van der Waals surface area contributed by atoms with Crippen LogP contribution in [0, 0.1) is 5.92 Å². The number of hydrogen-bond acceptors (Lipinski definition) is 3. The van der Waals surface area contributed by atoms with Gasteiger partial charge in [0, 0.05) is 38.1 Å². The van der Waals surface area contributed by atoms with Gasteiger partial charge in [-0.1, -0.05) is 6.07 Å². The maximum Gasteiger partial charge on any atom is 0.321 e. The van der Waals surface area contributed by atoms with Gasteiger partial charge in [0.1, 0.15) is 0 Å². The number of carbonyl (C=O) groups is 1. The summed E-state index contributed by atoms with van der Waals surface area (Å²) in [4.78, 5) is 15.9. The van der Waals surface area contributed by atoms with E-state index >= 15 is 0 Å². The van der Waals surface area contributed by atoms with Crippen LogP contribution < -0.4 is 10.2 Å². The number of carbonyl (C=O) groups excluding carboxylic acids is 1. The van der Waals surface area contributed by atoms with Crippen molar-refractivity contribution in [2.45, 2.75) is 38.8 Å². The van der Waals surface area contributed by atoms with E-state index in [9.17, 15) is 9.90 Å². The third-order valence-corrected chi connectivity index (χ3v) is 4.25. The average Bonchev–Trinajstić information content (AvgIpc) is 3.31. The summed E-state index contributed by atoms with van der Waals surface area (Å²) in [6.45, 7) is 4.62. The van der Waals surface area contributed by atoms with Gasteiger partial charge in [-0.05, 0) is 50.8 Å². The fourth-order valence-electron chi connectivity index (χ4n) is 2.31. The van der Waals surface area contributed by atoms with Crippen LogP contribution >= 0.6 is 0 Å². The van der Waals surface area contributed by atoms with Gasteiger partial charge in [0.25, 0.3) is 0 Å². The molecule has 1 unspecified atom stereocenters. The predicted octanol–water partition coefficient (Wildman–Crippen LogP) is 2.77. The Morgan fingerprint density at radius 3 is 2.64 bits per heavy atom. The van der Waals surface area contributed by atoms with E-state index in [0.29, 0.717) is 18.5 Å². The zero-order valence-electron chi connectivity index (χ0n) is 13.9. The van der Waals surface area contributed by atoms with Crippen molar-refractivity contribution >= 4 is 17.4 Å². The number of nitrogens with one attached hydrogen (secondary N) is 1. The molecule has 1 saturated carbocycles. The number of aliphatic hydroxyl groups excluding tert-OH is 1. The monoisotopic (exact) mass is 305 g/mol. The average molecular weight is 305 g/mol. The Morgan fingerprint density at radius 2 is 2.05 bits per heavy atom. The van der Waals surface area contributed by atoms with E-state index in [4.69, 9.17) is 0 Å². The lowest BCUT2D eigenvalue weighted by molar-refractivity contribution is 0.117. The van der Waals surface area contributed by atoms with E-state index in [1.807, 2.05) is 31.3 Å². The molecule has 0 heterocycles. The molecule has 2 rings (SSSR count). The number of rotatable bonds is 6. The number of benzene rings is 1. The number of anilines is 2. The van der Waals surface area contributed by atoms with Crippen LogP contribution in [0.1, 0.15) is 26.7 Å². The molecular formula is C17H27N3O2. The Balaban J connectivity index is 1.94. The molecule has 0 spiro atoms. The van der Waals surface area contributed by atoms with Crippen molar-refractivity contribution in [3.63, 3.8) is 0 Å². The van der Waals surface area contributed by atoms with Crippen LogP contribution in [-0.2, 0) is 0 Å². The highest BCUT2D eigenvalue weighted by Gasteiger charge is 2.31. The minimum atomic E-state index is -0.408. The Hall–Kier alpha value is -1.75. The van der Waals surface area contributed by atoms with Gasteiger partial charge in [-0.3, -0.25) is 0 Å². The van der Waals surface area contributed by atoms with Crippen LogP contribution in [0.2, 0.25) is 0 Å². The standard InChI is InChI=1S/C17H27N3O2/c1-12(2)20(4)15-7-5-6-14(10-15)18-17(22)19(3)11-16(21)13-8-9-13/h5-7,10,12-13,16,21H,8-9,11H2,1-4H3,(H,18,22).